The van der Waals surface area contributed by atoms with Gasteiger partial charge in [-0.25, -0.2) is 18.2 Å². The molecule has 8 heteroatoms. The lowest BCUT2D eigenvalue weighted by Gasteiger charge is -2.30. The van der Waals surface area contributed by atoms with Crippen LogP contribution >= 0.6 is 0 Å². The Morgan fingerprint density at radius 1 is 1.11 bits per heavy atom. The molecule has 0 aliphatic heterocycles. The number of benzene rings is 2. The third kappa shape index (κ3) is 5.73. The van der Waals surface area contributed by atoms with Crippen molar-refractivity contribution in [1.29, 1.82) is 0 Å². The third-order valence-electron chi connectivity index (χ3n) is 7.22. The van der Waals surface area contributed by atoms with Gasteiger partial charge in [0.05, 0.1) is 13.3 Å². The van der Waals surface area contributed by atoms with Crippen LogP contribution in [0.25, 0.3) is 11.1 Å². The fourth-order valence-electron chi connectivity index (χ4n) is 5.17. The van der Waals surface area contributed by atoms with Crippen LogP contribution in [0.5, 0.6) is 11.6 Å². The number of ether oxygens (including phenoxy) is 2. The molecule has 0 spiro atoms. The van der Waals surface area contributed by atoms with Gasteiger partial charge < -0.3 is 14.6 Å². The van der Waals surface area contributed by atoms with Gasteiger partial charge in [0.1, 0.15) is 18.2 Å². The Kier molecular flexibility index (Phi) is 7.76. The van der Waals surface area contributed by atoms with E-state index in [0.29, 0.717) is 5.56 Å². The van der Waals surface area contributed by atoms with E-state index in [1.54, 1.807) is 12.1 Å². The van der Waals surface area contributed by atoms with Crippen molar-refractivity contribution >= 4 is 5.97 Å². The first kappa shape index (κ1) is 26.5. The minimum absolute atomic E-state index is 0.0172. The number of pyridine rings is 1. The highest BCUT2D eigenvalue weighted by atomic mass is 19.1. The van der Waals surface area contributed by atoms with Gasteiger partial charge in [0.15, 0.2) is 11.6 Å². The topological polar surface area (TPSA) is 68.7 Å². The number of carboxylic acid groups (broad SMARTS) is 1. The first-order valence-electron chi connectivity index (χ1n) is 12.2. The van der Waals surface area contributed by atoms with Gasteiger partial charge >= 0.3 is 5.97 Å². The molecule has 1 N–H and O–H groups in total. The van der Waals surface area contributed by atoms with E-state index in [0.717, 1.165) is 31.0 Å². The summed E-state index contributed by atoms with van der Waals surface area (Å²) in [5.74, 6) is -2.69. The summed E-state index contributed by atoms with van der Waals surface area (Å²) >= 11 is 0. The summed E-state index contributed by atoms with van der Waals surface area (Å²) in [6.45, 7) is 4.05. The summed E-state index contributed by atoms with van der Waals surface area (Å²) in [5.41, 5.74) is 1.78. The van der Waals surface area contributed by atoms with Gasteiger partial charge in [0, 0.05) is 23.6 Å². The van der Waals surface area contributed by atoms with E-state index in [1.165, 1.54) is 31.4 Å². The predicted molar refractivity (Wildman–Crippen MR) is 133 cm³/mol. The number of aryl methyl sites for hydroxylation is 1. The lowest BCUT2D eigenvalue weighted by Crippen LogP contribution is -2.17. The first-order valence-corrected chi connectivity index (χ1v) is 12.2. The molecule has 0 saturated heterocycles. The van der Waals surface area contributed by atoms with Gasteiger partial charge in [-0.1, -0.05) is 32.4 Å². The molecule has 0 bridgehead atoms. The third-order valence-corrected chi connectivity index (χ3v) is 7.22. The van der Waals surface area contributed by atoms with Crippen LogP contribution in [0, 0.1) is 22.9 Å². The van der Waals surface area contributed by atoms with Gasteiger partial charge in [-0.15, -0.1) is 0 Å². The fourth-order valence-corrected chi connectivity index (χ4v) is 5.17. The molecular weight excluding hydrogens is 483 g/mol. The summed E-state index contributed by atoms with van der Waals surface area (Å²) in [6, 6.07) is 8.95. The number of carbonyl (C=O) groups is 1. The van der Waals surface area contributed by atoms with Crippen LogP contribution in [-0.4, -0.2) is 23.2 Å². The molecule has 1 heterocycles. The van der Waals surface area contributed by atoms with Crippen molar-refractivity contribution < 1.29 is 32.5 Å². The Hall–Kier alpha value is -3.55. The fraction of sp³-hybridized carbons (Fsp3) is 0.379. The van der Waals surface area contributed by atoms with Crippen LogP contribution in [0.2, 0.25) is 0 Å². The molecule has 196 valence electrons. The van der Waals surface area contributed by atoms with Crippen molar-refractivity contribution in [1.82, 2.24) is 4.98 Å². The van der Waals surface area contributed by atoms with Crippen molar-refractivity contribution in [3.8, 4) is 22.8 Å². The summed E-state index contributed by atoms with van der Waals surface area (Å²) in [4.78, 5) is 14.8. The van der Waals surface area contributed by atoms with E-state index in [2.05, 4.69) is 18.8 Å². The Labute approximate surface area is 214 Å². The zero-order valence-corrected chi connectivity index (χ0v) is 21.1. The molecule has 1 atom stereocenters. The Bertz CT molecular complexity index is 1310. The summed E-state index contributed by atoms with van der Waals surface area (Å²) in [7, 11) is 1.43. The first-order chi connectivity index (χ1) is 17.6. The smallest absolute Gasteiger partial charge is 0.303 e. The normalized spacial score (nSPS) is 16.5. The molecule has 2 aromatic carbocycles. The lowest BCUT2D eigenvalue weighted by atomic mass is 9.75. The molecule has 1 aliphatic rings. The van der Waals surface area contributed by atoms with E-state index in [4.69, 9.17) is 14.6 Å². The van der Waals surface area contributed by atoms with Gasteiger partial charge in [0.2, 0.25) is 5.88 Å². The molecule has 1 aromatic heterocycles. The summed E-state index contributed by atoms with van der Waals surface area (Å²) in [5, 5.41) is 8.89. The van der Waals surface area contributed by atoms with Crippen molar-refractivity contribution in [2.45, 2.75) is 58.5 Å². The average molecular weight is 514 g/mol. The highest BCUT2D eigenvalue weighted by molar-refractivity contribution is 5.70. The predicted octanol–water partition coefficient (Wildman–Crippen LogP) is 7.06. The highest BCUT2D eigenvalue weighted by Crippen LogP contribution is 2.51. The minimum Gasteiger partial charge on any atom is -0.486 e. The number of aromatic nitrogens is 1. The Morgan fingerprint density at radius 2 is 1.89 bits per heavy atom. The minimum atomic E-state index is -1.03. The lowest BCUT2D eigenvalue weighted by molar-refractivity contribution is -0.136. The monoisotopic (exact) mass is 513 g/mol. The van der Waals surface area contributed by atoms with Crippen LogP contribution in [0.4, 0.5) is 13.2 Å². The number of aliphatic carboxylic acids is 1. The number of hydrogen-bond donors (Lipinski definition) is 1. The molecule has 1 unspecified atom stereocenters. The van der Waals surface area contributed by atoms with Gasteiger partial charge in [-0.2, -0.15) is 0 Å². The van der Waals surface area contributed by atoms with E-state index < -0.39 is 23.4 Å². The summed E-state index contributed by atoms with van der Waals surface area (Å²) in [6.07, 6.45) is 3.72. The Balaban J connectivity index is 1.71. The number of carboxylic acids is 1. The Morgan fingerprint density at radius 3 is 2.57 bits per heavy atom. The van der Waals surface area contributed by atoms with E-state index in [-0.39, 0.29) is 59.1 Å². The van der Waals surface area contributed by atoms with Crippen molar-refractivity contribution in [3.63, 3.8) is 0 Å². The molecule has 1 saturated carbocycles. The molecule has 0 radical (unpaired) electrons. The molecule has 4 rings (SSSR count). The van der Waals surface area contributed by atoms with Crippen LogP contribution < -0.4 is 9.47 Å². The molecule has 0 amide bonds. The number of nitrogens with zero attached hydrogens (tertiary/aromatic N) is 1. The van der Waals surface area contributed by atoms with Gasteiger partial charge in [0.25, 0.3) is 0 Å². The molecule has 5 nitrogen and oxygen atoms in total. The van der Waals surface area contributed by atoms with Crippen LogP contribution in [0.1, 0.15) is 62.1 Å². The second-order valence-corrected chi connectivity index (χ2v) is 10.1. The van der Waals surface area contributed by atoms with Crippen LogP contribution in [0.15, 0.2) is 42.6 Å². The van der Waals surface area contributed by atoms with E-state index in [1.807, 2.05) is 0 Å². The van der Waals surface area contributed by atoms with E-state index >= 15 is 4.39 Å². The number of halogens is 3. The average Bonchev–Trinajstić information content (AvgIpc) is 3.22. The van der Waals surface area contributed by atoms with Crippen LogP contribution in [-0.2, 0) is 17.8 Å². The largest absolute Gasteiger partial charge is 0.486 e. The zero-order valence-electron chi connectivity index (χ0n) is 21.1. The maximum atomic E-state index is 15.4. The highest BCUT2D eigenvalue weighted by Gasteiger charge is 2.37. The van der Waals surface area contributed by atoms with Crippen molar-refractivity contribution in [2.75, 3.05) is 7.11 Å². The SMILES string of the molecule is COc1cc(-c2cc(F)c(COc3cccc(CCC(=O)O)c3F)cc2C2CCCC2(C)C)c(F)cn1. The quantitative estimate of drug-likeness (QED) is 0.332. The van der Waals surface area contributed by atoms with Gasteiger partial charge in [-0.3, -0.25) is 4.79 Å². The number of methoxy groups -OCH3 is 1. The second kappa shape index (κ2) is 10.8. The van der Waals surface area contributed by atoms with Crippen molar-refractivity contribution in [3.05, 3.63) is 76.7 Å². The van der Waals surface area contributed by atoms with Crippen molar-refractivity contribution in [2.24, 2.45) is 5.41 Å². The molecule has 3 aromatic rings. The standard InChI is InChI=1S/C29H30F3NO4/c1-29(2)11-5-7-22(29)20-12-18(16-37-25-8-4-6-17(28(25)32)9-10-27(34)35)23(30)13-19(20)21-14-26(36-3)33-15-24(21)31/h4,6,8,12-15,22H,5,7,9-11,16H2,1-3H3,(H,34,35). The maximum absolute atomic E-state index is 15.4. The van der Waals surface area contributed by atoms with E-state index in [9.17, 15) is 13.6 Å². The zero-order chi connectivity index (χ0) is 26.7. The molecular formula is C29H30F3NO4. The molecule has 1 fully saturated rings. The maximum Gasteiger partial charge on any atom is 0.303 e. The number of hydrogen-bond acceptors (Lipinski definition) is 4. The van der Waals surface area contributed by atoms with Crippen LogP contribution in [0.3, 0.4) is 0 Å². The van der Waals surface area contributed by atoms with Gasteiger partial charge in [-0.05, 0) is 65.5 Å². The molecule has 37 heavy (non-hydrogen) atoms. The summed E-state index contributed by atoms with van der Waals surface area (Å²) < 4.78 is 56.0. The number of rotatable bonds is 9. The second-order valence-electron chi connectivity index (χ2n) is 10.1. The molecule has 1 aliphatic carbocycles.